The summed E-state index contributed by atoms with van der Waals surface area (Å²) in [4.78, 5) is 33.2. The summed E-state index contributed by atoms with van der Waals surface area (Å²) >= 11 is 25.2. The summed E-state index contributed by atoms with van der Waals surface area (Å²) in [6.45, 7) is 0. The average Bonchev–Trinajstić information content (AvgIpc) is 3.99. The number of carboxylic acid groups (broad SMARTS) is 1. The highest BCUT2D eigenvalue weighted by molar-refractivity contribution is 7.00. The van der Waals surface area contributed by atoms with Crippen molar-refractivity contribution in [2.45, 2.75) is 43.8 Å². The molecular weight excluding hydrogens is 948 g/mol. The Morgan fingerprint density at radius 1 is 0.656 bits per heavy atom. The number of oxime groups is 2. The van der Waals surface area contributed by atoms with Crippen molar-refractivity contribution < 1.29 is 60.9 Å². The van der Waals surface area contributed by atoms with Crippen LogP contribution in [-0.2, 0) is 25.6 Å². The zero-order valence-corrected chi connectivity index (χ0v) is 34.1. The maximum absolute atomic E-state index is 14.2. The van der Waals surface area contributed by atoms with Gasteiger partial charge in [-0.15, -0.1) is 0 Å². The Hall–Kier alpha value is -4.90. The van der Waals surface area contributed by atoms with E-state index in [9.17, 15) is 41.0 Å². The second-order valence-corrected chi connectivity index (χ2v) is 15.4. The van der Waals surface area contributed by atoms with E-state index in [1.807, 2.05) is 0 Å². The minimum Gasteiger partial charge on any atom is -0.478 e. The number of aromatic nitrogens is 4. The van der Waals surface area contributed by atoms with Crippen LogP contribution >= 0.6 is 69.9 Å². The molecule has 0 fully saturated rings. The van der Waals surface area contributed by atoms with Gasteiger partial charge in [-0.05, 0) is 60.7 Å². The first kappa shape index (κ1) is 47.2. The fourth-order valence-corrected chi connectivity index (χ4v) is 8.52. The first-order valence-electron chi connectivity index (χ1n) is 16.2. The summed E-state index contributed by atoms with van der Waals surface area (Å²) < 4.78 is 106. The molecule has 0 saturated heterocycles. The standard InChI is InChI=1S/C18H10Cl2F3N3O3S.C17H8Cl2F3N3O3S.CH4.H2O/c1-28-16(27)12-3-2-11(14-15(12)26-30-25-14)13-7-17(29-24-13,18(21,22)23)8-4-9(19)6-10(20)5-8;18-8-3-7(4-9(19)5-8)16(17(20,21)22)6-12(23-28-16)10-1-2-11(15(26)27)14-13(10)24-29-25-14;;/h2-6H,7H2,1H3;1-5H,6H2,(H,26,27);1H4;1H2. The second-order valence-electron chi connectivity index (χ2n) is 12.6. The number of nitrogens with zero attached hydrogens (tertiary/aromatic N) is 6. The van der Waals surface area contributed by atoms with Crippen LogP contribution in [0.25, 0.3) is 22.1 Å². The predicted octanol–water partition coefficient (Wildman–Crippen LogP) is 10.5. The third-order valence-electron chi connectivity index (χ3n) is 9.12. The van der Waals surface area contributed by atoms with E-state index in [1.54, 1.807) is 0 Å². The van der Waals surface area contributed by atoms with Gasteiger partial charge in [-0.1, -0.05) is 64.1 Å². The van der Waals surface area contributed by atoms with Crippen molar-refractivity contribution in [1.29, 1.82) is 0 Å². The molecule has 0 radical (unpaired) electrons. The molecule has 4 heterocycles. The molecule has 13 nitrogen and oxygen atoms in total. The zero-order valence-electron chi connectivity index (χ0n) is 29.5. The third kappa shape index (κ3) is 8.51. The number of rotatable bonds is 6. The lowest BCUT2D eigenvalue weighted by molar-refractivity contribution is -0.276. The summed E-state index contributed by atoms with van der Waals surface area (Å²) in [6.07, 6.45) is -11.0. The van der Waals surface area contributed by atoms with Crippen molar-refractivity contribution in [3.8, 4) is 0 Å². The number of esters is 1. The molecule has 0 bridgehead atoms. The number of aromatic carboxylic acids is 1. The Labute approximate surface area is 367 Å². The number of fused-ring (bicyclic) bond motifs is 2. The van der Waals surface area contributed by atoms with Crippen molar-refractivity contribution in [2.24, 2.45) is 10.3 Å². The summed E-state index contributed by atoms with van der Waals surface area (Å²) in [5.41, 5.74) is -5.03. The topological polar surface area (TPSA) is 190 Å². The monoisotopic (exact) mass is 970 g/mol. The molecule has 2 unspecified atom stereocenters. The van der Waals surface area contributed by atoms with Crippen LogP contribution in [0.5, 0.6) is 0 Å². The lowest BCUT2D eigenvalue weighted by Crippen LogP contribution is -2.42. The van der Waals surface area contributed by atoms with Gasteiger partial charge in [0.1, 0.15) is 22.1 Å². The molecule has 25 heteroatoms. The summed E-state index contributed by atoms with van der Waals surface area (Å²) in [6, 6.07) is 12.6. The summed E-state index contributed by atoms with van der Waals surface area (Å²) in [7, 11) is 1.21. The van der Waals surface area contributed by atoms with Crippen LogP contribution in [0.2, 0.25) is 20.1 Å². The Kier molecular flexibility index (Phi) is 13.5. The van der Waals surface area contributed by atoms with Gasteiger partial charge in [0.15, 0.2) is 0 Å². The van der Waals surface area contributed by atoms with Gasteiger partial charge in [-0.2, -0.15) is 43.8 Å². The van der Waals surface area contributed by atoms with Crippen molar-refractivity contribution in [3.05, 3.63) is 114 Å². The van der Waals surface area contributed by atoms with Gasteiger partial charge in [0, 0.05) is 42.3 Å². The summed E-state index contributed by atoms with van der Waals surface area (Å²) in [5.74, 6) is -1.86. The highest BCUT2D eigenvalue weighted by Gasteiger charge is 2.63. The molecule has 61 heavy (non-hydrogen) atoms. The fourth-order valence-electron chi connectivity index (χ4n) is 6.32. The lowest BCUT2D eigenvalue weighted by atomic mass is 9.86. The van der Waals surface area contributed by atoms with Gasteiger partial charge in [-0.25, -0.2) is 9.59 Å². The number of carbonyl (C=O) groups excluding carboxylic acids is 1. The van der Waals surface area contributed by atoms with E-state index in [0.29, 0.717) is 0 Å². The Morgan fingerprint density at radius 3 is 1.38 bits per heavy atom. The Bertz CT molecular complexity index is 2710. The van der Waals surface area contributed by atoms with Crippen molar-refractivity contribution in [3.63, 3.8) is 0 Å². The molecule has 6 aromatic rings. The van der Waals surface area contributed by atoms with Gasteiger partial charge >= 0.3 is 24.3 Å². The fraction of sp³-hybridized carbons (Fsp3) is 0.222. The number of methoxy groups -OCH3 is 1. The Morgan fingerprint density at radius 2 is 1.02 bits per heavy atom. The van der Waals surface area contributed by atoms with Crippen molar-refractivity contribution >= 4 is 115 Å². The first-order valence-corrected chi connectivity index (χ1v) is 19.2. The van der Waals surface area contributed by atoms with Gasteiger partial charge in [0.25, 0.3) is 11.2 Å². The number of hydrogen-bond donors (Lipinski definition) is 1. The van der Waals surface area contributed by atoms with Crippen LogP contribution < -0.4 is 0 Å². The number of halogens is 10. The van der Waals surface area contributed by atoms with Gasteiger partial charge in [-0.3, -0.25) is 0 Å². The summed E-state index contributed by atoms with van der Waals surface area (Å²) in [5, 5.41) is 16.7. The SMILES string of the molecule is C.COC(=O)c1ccc(C2=NOC(c3cc(Cl)cc(Cl)c3)(C(F)(F)F)C2)c2nsnc12.O.O=C(O)c1ccc(C2=NOC(c3cc(Cl)cc(Cl)c3)(C(F)(F)F)C2)c2nsnc12. The van der Waals surface area contributed by atoms with E-state index in [2.05, 4.69) is 27.8 Å². The van der Waals surface area contributed by atoms with E-state index >= 15 is 0 Å². The number of carboxylic acids is 1. The normalized spacial score (nSPS) is 18.5. The highest BCUT2D eigenvalue weighted by Crippen LogP contribution is 2.51. The smallest absolute Gasteiger partial charge is 0.435 e. The van der Waals surface area contributed by atoms with Gasteiger partial charge in [0.2, 0.25) is 0 Å². The zero-order chi connectivity index (χ0) is 42.7. The molecule has 322 valence electrons. The highest BCUT2D eigenvalue weighted by atomic mass is 35.5. The number of carbonyl (C=O) groups is 2. The molecule has 2 atom stereocenters. The molecule has 2 aliphatic rings. The van der Waals surface area contributed by atoms with E-state index in [4.69, 9.17) is 60.8 Å². The molecule has 4 aromatic carbocycles. The molecule has 0 aliphatic carbocycles. The van der Waals surface area contributed by atoms with Crippen LogP contribution in [0.4, 0.5) is 26.3 Å². The molecule has 3 N–H and O–H groups in total. The molecule has 2 aliphatic heterocycles. The first-order chi connectivity index (χ1) is 27.8. The van der Waals surface area contributed by atoms with Crippen LogP contribution in [0.1, 0.15) is 63.2 Å². The number of alkyl halides is 6. The van der Waals surface area contributed by atoms with E-state index in [0.717, 1.165) is 47.7 Å². The molecule has 0 amide bonds. The van der Waals surface area contributed by atoms with Crippen LogP contribution in [-0.4, -0.2) is 70.9 Å². The molecule has 2 aromatic heterocycles. The predicted molar refractivity (Wildman–Crippen MR) is 216 cm³/mol. The van der Waals surface area contributed by atoms with Gasteiger partial charge < -0.3 is 25.0 Å². The van der Waals surface area contributed by atoms with Crippen LogP contribution in [0.15, 0.2) is 71.0 Å². The Balaban J connectivity index is 0.000000224. The lowest BCUT2D eigenvalue weighted by Gasteiger charge is -2.29. The minimum absolute atomic E-state index is 0. The molecule has 0 saturated carbocycles. The van der Waals surface area contributed by atoms with E-state index < -0.39 is 48.3 Å². The maximum atomic E-state index is 14.2. The molecular formula is C36H24Cl4F6N6O7S2. The van der Waals surface area contributed by atoms with E-state index in [-0.39, 0.29) is 99.9 Å². The van der Waals surface area contributed by atoms with Crippen LogP contribution in [0.3, 0.4) is 0 Å². The number of benzene rings is 4. The van der Waals surface area contributed by atoms with Crippen molar-refractivity contribution in [1.82, 2.24) is 17.5 Å². The third-order valence-corrected chi connectivity index (χ3v) is 11.0. The van der Waals surface area contributed by atoms with Gasteiger partial charge in [0.05, 0.1) is 66.0 Å². The molecule has 0 spiro atoms. The quantitative estimate of drug-likeness (QED) is 0.124. The maximum Gasteiger partial charge on any atom is 0.435 e. The number of ether oxygens (including phenoxy) is 1. The van der Waals surface area contributed by atoms with Crippen molar-refractivity contribution in [2.75, 3.05) is 7.11 Å². The largest absolute Gasteiger partial charge is 0.478 e. The number of hydrogen-bond acceptors (Lipinski definition) is 13. The molecule has 8 rings (SSSR count). The van der Waals surface area contributed by atoms with E-state index in [1.165, 1.54) is 43.5 Å². The second kappa shape index (κ2) is 17.5. The minimum atomic E-state index is -4.84. The van der Waals surface area contributed by atoms with Crippen LogP contribution in [0, 0.1) is 0 Å². The average molecular weight is 973 g/mol.